The number of aliphatic hydroxyl groups excluding tert-OH is 1. The second-order valence-electron chi connectivity index (χ2n) is 7.45. The minimum absolute atomic E-state index is 0.0518. The molecule has 3 aromatic rings. The Hall–Kier alpha value is -2.63. The first-order chi connectivity index (χ1) is 13.9. The smallest absolute Gasteiger partial charge is 0.162 e. The summed E-state index contributed by atoms with van der Waals surface area (Å²) in [5, 5.41) is 14.5. The van der Waals surface area contributed by atoms with Gasteiger partial charge < -0.3 is 19.7 Å². The number of carbonyl (C=O) groups is 1. The molecule has 5 heteroatoms. The highest BCUT2D eigenvalue weighted by atomic mass is 16.5. The number of Topliss-reactive ketones (excluding diaryl/α,β-unsaturated/α-hetero) is 1. The number of aromatic nitrogens is 1. The van der Waals surface area contributed by atoms with Gasteiger partial charge in [-0.2, -0.15) is 0 Å². The van der Waals surface area contributed by atoms with Crippen LogP contribution in [0.2, 0.25) is 0 Å². The van der Waals surface area contributed by atoms with Crippen LogP contribution < -0.4 is 10.1 Å². The summed E-state index contributed by atoms with van der Waals surface area (Å²) in [6.07, 6.45) is -0.633. The van der Waals surface area contributed by atoms with Crippen molar-refractivity contribution >= 4 is 16.7 Å². The van der Waals surface area contributed by atoms with Crippen molar-refractivity contribution < 1.29 is 14.6 Å². The van der Waals surface area contributed by atoms with Gasteiger partial charge in [0.25, 0.3) is 0 Å². The van der Waals surface area contributed by atoms with E-state index in [4.69, 9.17) is 4.74 Å². The summed E-state index contributed by atoms with van der Waals surface area (Å²) in [5.74, 6) is 0.708. The van der Waals surface area contributed by atoms with Crippen LogP contribution in [0.15, 0.2) is 48.5 Å². The van der Waals surface area contributed by atoms with Crippen LogP contribution in [-0.2, 0) is 6.54 Å². The Morgan fingerprint density at radius 2 is 1.93 bits per heavy atom. The fourth-order valence-electron chi connectivity index (χ4n) is 3.83. The van der Waals surface area contributed by atoms with E-state index < -0.39 is 6.10 Å². The number of ether oxygens (including phenoxy) is 1. The van der Waals surface area contributed by atoms with E-state index in [-0.39, 0.29) is 18.4 Å². The van der Waals surface area contributed by atoms with Gasteiger partial charge in [0.15, 0.2) is 5.78 Å². The second-order valence-corrected chi connectivity index (χ2v) is 7.45. The van der Waals surface area contributed by atoms with Crippen molar-refractivity contribution in [3.8, 4) is 5.75 Å². The second kappa shape index (κ2) is 9.25. The van der Waals surface area contributed by atoms with E-state index in [0.717, 1.165) is 28.7 Å². The number of nitrogens with one attached hydrogen (secondary N) is 1. The zero-order chi connectivity index (χ0) is 21.0. The van der Waals surface area contributed by atoms with Crippen LogP contribution in [-0.4, -0.2) is 34.7 Å². The number of aryl methyl sites for hydroxylation is 1. The zero-order valence-electron chi connectivity index (χ0n) is 17.6. The van der Waals surface area contributed by atoms with Gasteiger partial charge in [0.2, 0.25) is 0 Å². The normalized spacial score (nSPS) is 13.4. The van der Waals surface area contributed by atoms with Crippen LogP contribution >= 0.6 is 0 Å². The monoisotopic (exact) mass is 394 g/mol. The summed E-state index contributed by atoms with van der Waals surface area (Å²) in [5.41, 5.74) is 3.93. The van der Waals surface area contributed by atoms with Crippen molar-refractivity contribution in [3.05, 3.63) is 65.4 Å². The van der Waals surface area contributed by atoms with Gasteiger partial charge in [-0.3, -0.25) is 4.79 Å². The van der Waals surface area contributed by atoms with Gasteiger partial charge in [-0.1, -0.05) is 30.3 Å². The van der Waals surface area contributed by atoms with E-state index >= 15 is 0 Å². The lowest BCUT2D eigenvalue weighted by Crippen LogP contribution is -2.33. The maximum Gasteiger partial charge on any atom is 0.162 e. The molecule has 29 heavy (non-hydrogen) atoms. The van der Waals surface area contributed by atoms with E-state index in [1.54, 1.807) is 6.92 Å². The molecular weight excluding hydrogens is 364 g/mol. The zero-order valence-corrected chi connectivity index (χ0v) is 17.6. The number of carbonyl (C=O) groups excluding carboxylic acids is 1. The lowest BCUT2D eigenvalue weighted by Gasteiger charge is -2.18. The van der Waals surface area contributed by atoms with Crippen molar-refractivity contribution in [1.29, 1.82) is 0 Å². The highest BCUT2D eigenvalue weighted by Crippen LogP contribution is 2.30. The van der Waals surface area contributed by atoms with Crippen LogP contribution in [0.25, 0.3) is 10.9 Å². The molecule has 0 saturated heterocycles. The molecule has 1 heterocycles. The molecule has 3 rings (SSSR count). The van der Waals surface area contributed by atoms with Gasteiger partial charge in [0.1, 0.15) is 18.5 Å². The summed E-state index contributed by atoms with van der Waals surface area (Å²) >= 11 is 0. The van der Waals surface area contributed by atoms with E-state index in [9.17, 15) is 9.90 Å². The average Bonchev–Trinajstić information content (AvgIpc) is 3.01. The molecule has 0 aliphatic rings. The molecule has 2 N–H and O–H groups in total. The SMILES string of the molecule is CCn1c(C)c(C(C)=O)c2cc(OC[C@@H](O)CN[C@H](C)c3ccccc3)ccc21. The molecule has 0 bridgehead atoms. The van der Waals surface area contributed by atoms with Gasteiger partial charge in [0, 0.05) is 41.3 Å². The molecule has 1 aromatic heterocycles. The van der Waals surface area contributed by atoms with Crippen molar-refractivity contribution in [2.45, 2.75) is 46.4 Å². The average molecular weight is 395 g/mol. The summed E-state index contributed by atoms with van der Waals surface area (Å²) in [6.45, 7) is 9.13. The fourth-order valence-corrected chi connectivity index (χ4v) is 3.83. The van der Waals surface area contributed by atoms with Gasteiger partial charge in [-0.25, -0.2) is 0 Å². The number of ketones is 1. The Bertz CT molecular complexity index is 979. The van der Waals surface area contributed by atoms with Gasteiger partial charge in [-0.05, 0) is 51.5 Å². The number of fused-ring (bicyclic) bond motifs is 1. The molecule has 154 valence electrons. The minimum atomic E-state index is -0.633. The topological polar surface area (TPSA) is 63.5 Å². The van der Waals surface area contributed by atoms with Crippen LogP contribution in [0.3, 0.4) is 0 Å². The predicted octanol–water partition coefficient (Wildman–Crippen LogP) is 4.26. The number of hydrogen-bond donors (Lipinski definition) is 2. The number of aliphatic hydroxyl groups is 1. The molecular formula is C24H30N2O3. The third-order valence-electron chi connectivity index (χ3n) is 5.36. The number of rotatable bonds is 9. The van der Waals surface area contributed by atoms with Crippen molar-refractivity contribution in [2.75, 3.05) is 13.2 Å². The van der Waals surface area contributed by atoms with E-state index in [2.05, 4.69) is 35.9 Å². The Kier molecular flexibility index (Phi) is 6.72. The number of benzene rings is 2. The van der Waals surface area contributed by atoms with E-state index in [1.807, 2.05) is 43.3 Å². The first kappa shape index (κ1) is 21.1. The molecule has 0 amide bonds. The molecule has 0 spiro atoms. The number of hydrogen-bond acceptors (Lipinski definition) is 4. The minimum Gasteiger partial charge on any atom is -0.491 e. The molecule has 0 aliphatic carbocycles. The molecule has 0 fully saturated rings. The van der Waals surface area contributed by atoms with Gasteiger partial charge >= 0.3 is 0 Å². The van der Waals surface area contributed by atoms with Crippen LogP contribution in [0, 0.1) is 6.92 Å². The Labute approximate surface area is 172 Å². The fraction of sp³-hybridized carbons (Fsp3) is 0.375. The molecule has 0 aliphatic heterocycles. The third kappa shape index (κ3) is 4.69. The van der Waals surface area contributed by atoms with E-state index in [1.165, 1.54) is 5.56 Å². The van der Waals surface area contributed by atoms with Crippen molar-refractivity contribution in [3.63, 3.8) is 0 Å². The van der Waals surface area contributed by atoms with Crippen LogP contribution in [0.1, 0.15) is 48.4 Å². The first-order valence-electron chi connectivity index (χ1n) is 10.1. The quantitative estimate of drug-likeness (QED) is 0.532. The van der Waals surface area contributed by atoms with Crippen LogP contribution in [0.5, 0.6) is 5.75 Å². The molecule has 0 unspecified atom stereocenters. The standard InChI is InChI=1S/C24H30N2O3/c1-5-26-17(3)24(18(4)27)22-13-21(11-12-23(22)26)29-15-20(28)14-25-16(2)19-9-7-6-8-10-19/h6-13,16,20,25,28H,5,14-15H2,1-4H3/t16-,20+/m1/s1. The lowest BCUT2D eigenvalue weighted by molar-refractivity contribution is 0.101. The maximum atomic E-state index is 12.2. The Morgan fingerprint density at radius 1 is 1.21 bits per heavy atom. The van der Waals surface area contributed by atoms with Gasteiger partial charge in [-0.15, -0.1) is 0 Å². The first-order valence-corrected chi connectivity index (χ1v) is 10.1. The summed E-state index contributed by atoms with van der Waals surface area (Å²) < 4.78 is 7.96. The lowest BCUT2D eigenvalue weighted by atomic mass is 10.1. The van der Waals surface area contributed by atoms with E-state index in [0.29, 0.717) is 12.3 Å². The predicted molar refractivity (Wildman–Crippen MR) is 117 cm³/mol. The highest BCUT2D eigenvalue weighted by Gasteiger charge is 2.17. The van der Waals surface area contributed by atoms with Crippen molar-refractivity contribution in [1.82, 2.24) is 9.88 Å². The largest absolute Gasteiger partial charge is 0.491 e. The van der Waals surface area contributed by atoms with Gasteiger partial charge in [0.05, 0.1) is 0 Å². The maximum absolute atomic E-state index is 12.2. The summed E-state index contributed by atoms with van der Waals surface area (Å²) in [6, 6.07) is 16.1. The summed E-state index contributed by atoms with van der Waals surface area (Å²) in [4.78, 5) is 12.2. The van der Waals surface area contributed by atoms with Crippen molar-refractivity contribution in [2.24, 2.45) is 0 Å². The number of nitrogens with zero attached hydrogens (tertiary/aromatic N) is 1. The molecule has 0 radical (unpaired) electrons. The Morgan fingerprint density at radius 3 is 2.59 bits per heavy atom. The highest BCUT2D eigenvalue weighted by molar-refractivity contribution is 6.08. The summed E-state index contributed by atoms with van der Waals surface area (Å²) in [7, 11) is 0. The molecule has 0 saturated carbocycles. The Balaban J connectivity index is 1.64. The van der Waals surface area contributed by atoms with Crippen LogP contribution in [0.4, 0.5) is 0 Å². The third-order valence-corrected chi connectivity index (χ3v) is 5.36. The molecule has 5 nitrogen and oxygen atoms in total. The molecule has 2 aromatic carbocycles. The molecule has 2 atom stereocenters.